The molecular formula is C23H33Cl2F3N4O. The first kappa shape index (κ1) is 26.2. The number of carbonyl (C=O) groups is 1. The summed E-state index contributed by atoms with van der Waals surface area (Å²) in [4.78, 5) is 16.9. The van der Waals surface area contributed by atoms with Crippen molar-refractivity contribution in [2.45, 2.75) is 57.3 Å². The van der Waals surface area contributed by atoms with Gasteiger partial charge < -0.3 is 15.1 Å². The van der Waals surface area contributed by atoms with Gasteiger partial charge >= 0.3 is 12.2 Å². The molecule has 1 aliphatic heterocycles. The van der Waals surface area contributed by atoms with Crippen molar-refractivity contribution in [1.82, 2.24) is 15.1 Å². The molecule has 1 saturated heterocycles. The minimum absolute atomic E-state index is 0.0446. The molecule has 1 aliphatic carbocycles. The number of hydrogen-bond donors (Lipinski definition) is 1. The molecule has 3 rings (SSSR count). The molecule has 0 bridgehead atoms. The summed E-state index contributed by atoms with van der Waals surface area (Å²) in [5.74, 6) is 0.479. The molecule has 1 aromatic rings. The SMILES string of the molecule is CCN(C)C(=O)NC1CCC(CCN2CCN(c3cccc(Cl)c3Cl)C(C(F)(F)F)C2)CC1. The molecule has 0 spiro atoms. The molecule has 1 saturated carbocycles. The van der Waals surface area contributed by atoms with E-state index >= 15 is 0 Å². The van der Waals surface area contributed by atoms with Gasteiger partial charge in [-0.3, -0.25) is 4.90 Å². The Morgan fingerprint density at radius 2 is 1.88 bits per heavy atom. The number of alkyl halides is 3. The van der Waals surface area contributed by atoms with Gasteiger partial charge in [0.05, 0.1) is 15.7 Å². The summed E-state index contributed by atoms with van der Waals surface area (Å²) in [6, 6.07) is 3.32. The maximum absolute atomic E-state index is 13.9. The van der Waals surface area contributed by atoms with E-state index < -0.39 is 12.2 Å². The summed E-state index contributed by atoms with van der Waals surface area (Å²) in [7, 11) is 1.77. The fourth-order valence-corrected chi connectivity index (χ4v) is 5.12. The molecule has 1 atom stereocenters. The largest absolute Gasteiger partial charge is 0.409 e. The minimum Gasteiger partial charge on any atom is -0.356 e. The van der Waals surface area contributed by atoms with Crippen LogP contribution in [0.4, 0.5) is 23.7 Å². The fourth-order valence-electron chi connectivity index (χ4n) is 4.71. The van der Waals surface area contributed by atoms with Gasteiger partial charge in [0.1, 0.15) is 6.04 Å². The van der Waals surface area contributed by atoms with E-state index in [0.29, 0.717) is 31.2 Å². The number of nitrogens with zero attached hydrogens (tertiary/aromatic N) is 3. The number of hydrogen-bond acceptors (Lipinski definition) is 3. The van der Waals surface area contributed by atoms with Crippen LogP contribution in [0.2, 0.25) is 10.0 Å². The molecule has 0 radical (unpaired) electrons. The number of benzene rings is 1. The Bertz CT molecular complexity index is 802. The highest BCUT2D eigenvalue weighted by Crippen LogP contribution is 2.38. The zero-order valence-electron chi connectivity index (χ0n) is 19.2. The van der Waals surface area contributed by atoms with E-state index in [1.165, 1.54) is 4.90 Å². The number of anilines is 1. The summed E-state index contributed by atoms with van der Waals surface area (Å²) in [5.41, 5.74) is 0.334. The van der Waals surface area contributed by atoms with Gasteiger partial charge in [-0.1, -0.05) is 29.3 Å². The lowest BCUT2D eigenvalue weighted by Gasteiger charge is -2.44. The molecule has 1 aromatic carbocycles. The second-order valence-corrected chi connectivity index (χ2v) is 9.88. The summed E-state index contributed by atoms with van der Waals surface area (Å²) in [6.07, 6.45) is 0.313. The second-order valence-electron chi connectivity index (χ2n) is 9.09. The Balaban J connectivity index is 1.51. The van der Waals surface area contributed by atoms with Gasteiger partial charge in [-0.2, -0.15) is 13.2 Å². The normalized spacial score (nSPS) is 24.6. The van der Waals surface area contributed by atoms with Crippen LogP contribution in [-0.2, 0) is 0 Å². The zero-order chi connectivity index (χ0) is 24.2. The van der Waals surface area contributed by atoms with Crippen LogP contribution >= 0.6 is 23.2 Å². The van der Waals surface area contributed by atoms with Gasteiger partial charge in [0.2, 0.25) is 0 Å². The first-order valence-corrected chi connectivity index (χ1v) is 12.4. The molecule has 2 aliphatic rings. The van der Waals surface area contributed by atoms with Crippen molar-refractivity contribution in [3.05, 3.63) is 28.2 Å². The molecule has 5 nitrogen and oxygen atoms in total. The van der Waals surface area contributed by atoms with Crippen molar-refractivity contribution in [2.24, 2.45) is 5.92 Å². The highest BCUT2D eigenvalue weighted by molar-refractivity contribution is 6.43. The van der Waals surface area contributed by atoms with Gasteiger partial charge in [-0.15, -0.1) is 0 Å². The maximum atomic E-state index is 13.9. The second kappa shape index (κ2) is 11.4. The molecule has 2 fully saturated rings. The Morgan fingerprint density at radius 1 is 1.18 bits per heavy atom. The van der Waals surface area contributed by atoms with Crippen molar-refractivity contribution in [2.75, 3.05) is 44.7 Å². The average molecular weight is 509 g/mol. The van der Waals surface area contributed by atoms with E-state index in [9.17, 15) is 18.0 Å². The molecule has 33 heavy (non-hydrogen) atoms. The molecule has 2 amide bonds. The summed E-state index contributed by atoms with van der Waals surface area (Å²) in [5, 5.41) is 3.49. The highest BCUT2D eigenvalue weighted by atomic mass is 35.5. The topological polar surface area (TPSA) is 38.8 Å². The number of halogens is 5. The lowest BCUT2D eigenvalue weighted by Crippen LogP contribution is -2.59. The van der Waals surface area contributed by atoms with Crippen LogP contribution < -0.4 is 10.2 Å². The highest BCUT2D eigenvalue weighted by Gasteiger charge is 2.47. The monoisotopic (exact) mass is 508 g/mol. The Kier molecular flexibility index (Phi) is 9.03. The molecule has 186 valence electrons. The molecular weight excluding hydrogens is 476 g/mol. The zero-order valence-corrected chi connectivity index (χ0v) is 20.7. The van der Waals surface area contributed by atoms with E-state index in [1.54, 1.807) is 30.1 Å². The van der Waals surface area contributed by atoms with Gasteiger partial charge in [0.25, 0.3) is 0 Å². The number of nitrogens with one attached hydrogen (secondary N) is 1. The lowest BCUT2D eigenvalue weighted by molar-refractivity contribution is -0.156. The van der Waals surface area contributed by atoms with Gasteiger partial charge in [-0.25, -0.2) is 4.79 Å². The van der Waals surface area contributed by atoms with Gasteiger partial charge in [-0.05, 0) is 63.6 Å². The number of carbonyl (C=O) groups excluding carboxylic acids is 1. The minimum atomic E-state index is -4.37. The molecule has 1 N–H and O–H groups in total. The van der Waals surface area contributed by atoms with Crippen LogP contribution in [-0.4, -0.2) is 73.9 Å². The number of urea groups is 1. The fraction of sp³-hybridized carbons (Fsp3) is 0.696. The summed E-state index contributed by atoms with van der Waals surface area (Å²) in [6.45, 7) is 3.95. The lowest BCUT2D eigenvalue weighted by atomic mass is 9.84. The van der Waals surface area contributed by atoms with Crippen molar-refractivity contribution in [3.63, 3.8) is 0 Å². The van der Waals surface area contributed by atoms with E-state index in [4.69, 9.17) is 23.2 Å². The van der Waals surface area contributed by atoms with Crippen LogP contribution in [0.3, 0.4) is 0 Å². The van der Waals surface area contributed by atoms with E-state index in [1.807, 2.05) is 11.8 Å². The smallest absolute Gasteiger partial charge is 0.356 e. The Morgan fingerprint density at radius 3 is 2.52 bits per heavy atom. The molecule has 1 unspecified atom stereocenters. The molecule has 10 heteroatoms. The van der Waals surface area contributed by atoms with Crippen molar-refractivity contribution in [1.29, 1.82) is 0 Å². The van der Waals surface area contributed by atoms with Crippen molar-refractivity contribution in [3.8, 4) is 0 Å². The quantitative estimate of drug-likeness (QED) is 0.538. The Hall–Kier alpha value is -1.38. The maximum Gasteiger partial charge on any atom is 0.409 e. The van der Waals surface area contributed by atoms with Crippen LogP contribution in [0.25, 0.3) is 0 Å². The van der Waals surface area contributed by atoms with E-state index in [-0.39, 0.29) is 35.2 Å². The van der Waals surface area contributed by atoms with E-state index in [0.717, 1.165) is 32.1 Å². The standard InChI is InChI=1S/C23H33Cl2F3N4O/c1-3-30(2)22(33)29-17-9-7-16(8-10-17)11-12-31-13-14-32(20(15-31)23(26,27)28)19-6-4-5-18(24)21(19)25/h4-6,16-17,20H,3,7-15H2,1-2H3,(H,29,33). The predicted molar refractivity (Wildman–Crippen MR) is 127 cm³/mol. The predicted octanol–water partition coefficient (Wildman–Crippen LogP) is 5.66. The number of amides is 2. The average Bonchev–Trinajstić information content (AvgIpc) is 2.79. The van der Waals surface area contributed by atoms with Crippen molar-refractivity contribution < 1.29 is 18.0 Å². The van der Waals surface area contributed by atoms with Crippen LogP contribution in [0.1, 0.15) is 39.0 Å². The van der Waals surface area contributed by atoms with Crippen LogP contribution in [0, 0.1) is 5.92 Å². The third-order valence-electron chi connectivity index (χ3n) is 6.93. The first-order valence-electron chi connectivity index (χ1n) is 11.6. The van der Waals surface area contributed by atoms with Crippen LogP contribution in [0.5, 0.6) is 0 Å². The summed E-state index contributed by atoms with van der Waals surface area (Å²) < 4.78 is 41.8. The van der Waals surface area contributed by atoms with Crippen molar-refractivity contribution >= 4 is 34.9 Å². The third kappa shape index (κ3) is 6.83. The number of piperazine rings is 1. The van der Waals surface area contributed by atoms with Gasteiger partial charge in [0.15, 0.2) is 0 Å². The van der Waals surface area contributed by atoms with E-state index in [2.05, 4.69) is 5.32 Å². The first-order chi connectivity index (χ1) is 15.6. The Labute approximate surface area is 204 Å². The van der Waals surface area contributed by atoms with Gasteiger partial charge in [0, 0.05) is 39.3 Å². The van der Waals surface area contributed by atoms with Crippen LogP contribution in [0.15, 0.2) is 18.2 Å². The molecule has 0 aromatic heterocycles. The molecule has 1 heterocycles. The number of rotatable bonds is 6. The summed E-state index contributed by atoms with van der Waals surface area (Å²) >= 11 is 12.3. The third-order valence-corrected chi connectivity index (χ3v) is 7.74.